The van der Waals surface area contributed by atoms with Crippen LogP contribution >= 0.6 is 30.8 Å². The Kier molecular flexibility index (Phi) is 10.7. The van der Waals surface area contributed by atoms with E-state index in [0.717, 1.165) is 4.90 Å². The van der Waals surface area contributed by atoms with Crippen molar-refractivity contribution in [1.82, 2.24) is 4.90 Å². The first kappa shape index (κ1) is 28.9. The fourth-order valence-electron chi connectivity index (χ4n) is 3.12. The number of carbonyl (C=O) groups is 2. The number of halogens is 2. The number of carbonyl (C=O) groups excluding carboxylic acids is 2. The zero-order valence-corrected chi connectivity index (χ0v) is 23.0. The third-order valence-corrected chi connectivity index (χ3v) is 8.02. The first-order valence-electron chi connectivity index (χ1n) is 11.0. The van der Waals surface area contributed by atoms with Crippen LogP contribution in [0.2, 0.25) is 10.0 Å². The zero-order chi connectivity index (χ0) is 26.8. The van der Waals surface area contributed by atoms with Crippen LogP contribution in [-0.4, -0.2) is 40.1 Å². The Morgan fingerprint density at radius 1 is 0.919 bits per heavy atom. The largest absolute Gasteiger partial charge is 0.607 e. The van der Waals surface area contributed by atoms with E-state index in [1.165, 1.54) is 24.3 Å². The van der Waals surface area contributed by atoms with Gasteiger partial charge in [0.1, 0.15) is 23.8 Å². The van der Waals surface area contributed by atoms with Gasteiger partial charge in [-0.3, -0.25) is 9.69 Å². The van der Waals surface area contributed by atoms with E-state index in [1.54, 1.807) is 61.5 Å². The van der Waals surface area contributed by atoms with Crippen LogP contribution in [0.4, 0.5) is 4.79 Å². The number of rotatable bonds is 11. The maximum Gasteiger partial charge on any atom is 0.450 e. The molecule has 0 saturated heterocycles. The number of amides is 1. The molecule has 8 nitrogen and oxygen atoms in total. The molecule has 196 valence electrons. The molecule has 1 unspecified atom stereocenters. The summed E-state index contributed by atoms with van der Waals surface area (Å²) in [4.78, 5) is 26.4. The molecule has 0 aliphatic carbocycles. The molecule has 3 aromatic rings. The number of benzene rings is 3. The monoisotopic (exact) mass is 583 g/mol. The third-order valence-electron chi connectivity index (χ3n) is 4.64. The van der Waals surface area contributed by atoms with Crippen LogP contribution in [0.5, 0.6) is 11.5 Å². The van der Waals surface area contributed by atoms with E-state index < -0.39 is 42.8 Å². The Labute approximate surface area is 228 Å². The van der Waals surface area contributed by atoms with Crippen molar-refractivity contribution in [2.24, 2.45) is 0 Å². The zero-order valence-electron chi connectivity index (χ0n) is 19.8. The second-order valence-corrected chi connectivity index (χ2v) is 11.7. The Bertz CT molecular complexity index is 1210. The van der Waals surface area contributed by atoms with E-state index in [-0.39, 0.29) is 23.9 Å². The summed E-state index contributed by atoms with van der Waals surface area (Å²) in [6.45, 7) is 1.05. The molecule has 37 heavy (non-hydrogen) atoms. The van der Waals surface area contributed by atoms with Gasteiger partial charge in [0.2, 0.25) is 0 Å². The van der Waals surface area contributed by atoms with Crippen LogP contribution < -0.4 is 9.05 Å². The van der Waals surface area contributed by atoms with Crippen LogP contribution in [0.15, 0.2) is 78.9 Å². The quantitative estimate of drug-likeness (QED) is 0.143. The maximum absolute atomic E-state index is 14.0. The Morgan fingerprint density at radius 2 is 1.49 bits per heavy atom. The Morgan fingerprint density at radius 3 is 2.00 bits per heavy atom. The van der Waals surface area contributed by atoms with E-state index >= 15 is 0 Å². The predicted molar refractivity (Wildman–Crippen MR) is 144 cm³/mol. The summed E-state index contributed by atoms with van der Waals surface area (Å²) in [6.07, 6.45) is -0.704. The number of esters is 1. The third kappa shape index (κ3) is 9.29. The first-order chi connectivity index (χ1) is 17.7. The van der Waals surface area contributed by atoms with Gasteiger partial charge in [0, 0.05) is 15.6 Å². The van der Waals surface area contributed by atoms with E-state index in [9.17, 15) is 18.7 Å². The Balaban J connectivity index is 1.92. The molecule has 1 amide bonds. The minimum Gasteiger partial charge on any atom is -0.607 e. The molecule has 0 radical (unpaired) electrons. The lowest BCUT2D eigenvalue weighted by molar-refractivity contribution is -0.143. The van der Waals surface area contributed by atoms with Crippen molar-refractivity contribution in [3.63, 3.8) is 0 Å². The van der Waals surface area contributed by atoms with Crippen molar-refractivity contribution < 1.29 is 32.5 Å². The highest BCUT2D eigenvalue weighted by Crippen LogP contribution is 2.49. The molecule has 0 aromatic heterocycles. The number of hydrogen-bond acceptors (Lipinski definition) is 7. The molecular formula is C25H24Cl2NO7PS. The van der Waals surface area contributed by atoms with Gasteiger partial charge in [-0.2, -0.15) is 0 Å². The standard InChI is InChI=1S/C25H24Cl2NO7PS/c1-2-33-24(29)16-28(25(30)37(32)17-19-8-4-3-5-9-19)18-36(31,34-22-12-6-10-20(26)14-22)35-23-13-7-11-21(27)15-23/h3-15H,2,16-18H2,1H3. The van der Waals surface area contributed by atoms with Crippen LogP contribution in [0.25, 0.3) is 0 Å². The molecule has 0 bridgehead atoms. The lowest BCUT2D eigenvalue weighted by Gasteiger charge is -2.27. The van der Waals surface area contributed by atoms with Crippen molar-refractivity contribution >= 4 is 53.2 Å². The summed E-state index contributed by atoms with van der Waals surface area (Å²) < 4.78 is 43.4. The lowest BCUT2D eigenvalue weighted by atomic mass is 10.2. The van der Waals surface area contributed by atoms with Gasteiger partial charge in [0.25, 0.3) is 0 Å². The van der Waals surface area contributed by atoms with Crippen molar-refractivity contribution in [1.29, 1.82) is 0 Å². The van der Waals surface area contributed by atoms with Crippen molar-refractivity contribution in [3.8, 4) is 11.5 Å². The van der Waals surface area contributed by atoms with Gasteiger partial charge in [0.05, 0.1) is 17.8 Å². The number of hydrogen-bond donors (Lipinski definition) is 0. The molecule has 0 saturated carbocycles. The second kappa shape index (κ2) is 13.7. The summed E-state index contributed by atoms with van der Waals surface area (Å²) in [5.41, 5.74) is 0.652. The van der Waals surface area contributed by atoms with E-state index in [1.807, 2.05) is 0 Å². The van der Waals surface area contributed by atoms with Crippen LogP contribution in [0, 0.1) is 0 Å². The second-order valence-electron chi connectivity index (χ2n) is 7.59. The average Bonchev–Trinajstić information content (AvgIpc) is 2.83. The maximum atomic E-state index is 14.0. The molecular weight excluding hydrogens is 560 g/mol. The van der Waals surface area contributed by atoms with Gasteiger partial charge in [-0.05, 0) is 43.3 Å². The summed E-state index contributed by atoms with van der Waals surface area (Å²) in [7, 11) is -4.26. The summed E-state index contributed by atoms with van der Waals surface area (Å²) >= 11 is 9.98. The van der Waals surface area contributed by atoms with Gasteiger partial charge < -0.3 is 18.3 Å². The summed E-state index contributed by atoms with van der Waals surface area (Å²) in [6, 6.07) is 20.9. The molecule has 0 aliphatic heterocycles. The van der Waals surface area contributed by atoms with Crippen LogP contribution in [0.1, 0.15) is 12.5 Å². The number of nitrogens with zero attached hydrogens (tertiary/aromatic N) is 1. The van der Waals surface area contributed by atoms with Crippen LogP contribution in [-0.2, 0) is 31.0 Å². The average molecular weight is 584 g/mol. The molecule has 3 rings (SSSR count). The fraction of sp³-hybridized carbons (Fsp3) is 0.200. The summed E-state index contributed by atoms with van der Waals surface area (Å²) in [5, 5.41) is -0.299. The highest BCUT2D eigenvalue weighted by Gasteiger charge is 2.39. The minimum absolute atomic E-state index is 0.0592. The SMILES string of the molecule is CCOC(=O)CN(CP(=O)(Oc1cccc(Cl)c1)Oc1cccc(Cl)c1)C(=O)[S+]([O-])Cc1ccccc1. The normalized spacial score (nSPS) is 11.9. The smallest absolute Gasteiger partial charge is 0.450 e. The molecule has 0 N–H and O–H groups in total. The van der Waals surface area contributed by atoms with Gasteiger partial charge >= 0.3 is 18.8 Å². The van der Waals surface area contributed by atoms with Crippen LogP contribution in [0.3, 0.4) is 0 Å². The molecule has 0 heterocycles. The van der Waals surface area contributed by atoms with Crippen molar-refractivity contribution in [2.45, 2.75) is 12.7 Å². The summed E-state index contributed by atoms with van der Waals surface area (Å²) in [5.74, 6) is -0.670. The lowest BCUT2D eigenvalue weighted by Crippen LogP contribution is -2.41. The van der Waals surface area contributed by atoms with Gasteiger partial charge in [-0.15, -0.1) is 0 Å². The fourth-order valence-corrected chi connectivity index (χ4v) is 6.28. The Hall–Kier alpha value is -2.68. The predicted octanol–water partition coefficient (Wildman–Crippen LogP) is 6.54. The van der Waals surface area contributed by atoms with E-state index in [4.69, 9.17) is 37.0 Å². The minimum atomic E-state index is -4.26. The number of ether oxygens (including phenoxy) is 1. The van der Waals surface area contributed by atoms with Gasteiger partial charge in [-0.25, -0.2) is 9.36 Å². The molecule has 3 aromatic carbocycles. The molecule has 0 spiro atoms. The molecule has 1 atom stereocenters. The van der Waals surface area contributed by atoms with Crippen molar-refractivity contribution in [2.75, 3.05) is 19.4 Å². The van der Waals surface area contributed by atoms with Crippen molar-refractivity contribution in [3.05, 3.63) is 94.5 Å². The van der Waals surface area contributed by atoms with Gasteiger partial charge in [0.15, 0.2) is 6.29 Å². The molecule has 12 heteroatoms. The molecule has 0 aliphatic rings. The molecule has 0 fully saturated rings. The topological polar surface area (TPSA) is 105 Å². The van der Waals surface area contributed by atoms with E-state index in [0.29, 0.717) is 15.6 Å². The highest BCUT2D eigenvalue weighted by molar-refractivity contribution is 8.05. The first-order valence-corrected chi connectivity index (χ1v) is 14.8. The van der Waals surface area contributed by atoms with Gasteiger partial charge in [-0.1, -0.05) is 65.7 Å². The van der Waals surface area contributed by atoms with E-state index in [2.05, 4.69) is 0 Å². The highest BCUT2D eigenvalue weighted by atomic mass is 35.5.